The predicted octanol–water partition coefficient (Wildman–Crippen LogP) is 3.95. The number of alkyl halides is 1. The Kier molecular flexibility index (Phi) is 4.37. The second-order valence-corrected chi connectivity index (χ2v) is 6.76. The van der Waals surface area contributed by atoms with Crippen molar-refractivity contribution in [3.8, 4) is 0 Å². The van der Waals surface area contributed by atoms with E-state index in [4.69, 9.17) is 11.6 Å². The first-order valence-corrected chi connectivity index (χ1v) is 7.54. The summed E-state index contributed by atoms with van der Waals surface area (Å²) < 4.78 is 2.01. The number of aromatic nitrogens is 2. The molecule has 2 rings (SSSR count). The molecule has 0 N–H and O–H groups in total. The molecule has 0 aromatic carbocycles. The van der Waals surface area contributed by atoms with Crippen LogP contribution >= 0.6 is 11.6 Å². The van der Waals surface area contributed by atoms with Crippen LogP contribution in [0.5, 0.6) is 0 Å². The average Bonchev–Trinajstić information content (AvgIpc) is 2.60. The lowest BCUT2D eigenvalue weighted by molar-refractivity contribution is 0.216. The van der Waals surface area contributed by atoms with Crippen LogP contribution in [0.15, 0.2) is 6.07 Å². The minimum absolute atomic E-state index is 0.343. The number of aryl methyl sites for hydroxylation is 2. The third kappa shape index (κ3) is 3.09. The lowest BCUT2D eigenvalue weighted by Crippen LogP contribution is -2.29. The van der Waals surface area contributed by atoms with Gasteiger partial charge >= 0.3 is 0 Å². The number of halogens is 1. The maximum atomic E-state index is 6.53. The fourth-order valence-corrected chi connectivity index (χ4v) is 3.52. The van der Waals surface area contributed by atoms with Gasteiger partial charge in [-0.2, -0.15) is 5.10 Å². The molecule has 18 heavy (non-hydrogen) atoms. The molecule has 0 radical (unpaired) electrons. The van der Waals surface area contributed by atoms with Gasteiger partial charge in [0.15, 0.2) is 0 Å². The fourth-order valence-electron chi connectivity index (χ4n) is 3.20. The molecule has 102 valence electrons. The molecular weight excluding hydrogens is 244 g/mol. The number of hydrogen-bond donors (Lipinski definition) is 0. The summed E-state index contributed by atoms with van der Waals surface area (Å²) >= 11 is 6.53. The Hall–Kier alpha value is -0.500. The summed E-state index contributed by atoms with van der Waals surface area (Å²) in [6, 6.07) is 2.20. The van der Waals surface area contributed by atoms with Crippen LogP contribution in [0.2, 0.25) is 0 Å². The van der Waals surface area contributed by atoms with E-state index < -0.39 is 0 Å². The Morgan fingerprint density at radius 2 is 2.17 bits per heavy atom. The van der Waals surface area contributed by atoms with Crippen LogP contribution in [0.3, 0.4) is 0 Å². The second kappa shape index (κ2) is 5.64. The van der Waals surface area contributed by atoms with Crippen molar-refractivity contribution in [2.45, 2.75) is 51.8 Å². The normalized spacial score (nSPS) is 28.9. The molecule has 0 spiro atoms. The van der Waals surface area contributed by atoms with Gasteiger partial charge in [-0.1, -0.05) is 13.8 Å². The van der Waals surface area contributed by atoms with Crippen molar-refractivity contribution in [2.24, 2.45) is 24.8 Å². The highest BCUT2D eigenvalue weighted by molar-refractivity contribution is 6.20. The maximum Gasteiger partial charge on any atom is 0.0596 e. The van der Waals surface area contributed by atoms with Crippen LogP contribution in [0.1, 0.15) is 44.5 Å². The minimum Gasteiger partial charge on any atom is -0.272 e. The first-order valence-electron chi connectivity index (χ1n) is 7.11. The molecule has 3 heteroatoms. The molecule has 1 aliphatic carbocycles. The van der Waals surface area contributed by atoms with Crippen LogP contribution < -0.4 is 0 Å². The smallest absolute Gasteiger partial charge is 0.0596 e. The van der Waals surface area contributed by atoms with E-state index >= 15 is 0 Å². The van der Waals surface area contributed by atoms with Gasteiger partial charge in [-0.15, -0.1) is 11.6 Å². The van der Waals surface area contributed by atoms with Gasteiger partial charge in [-0.3, -0.25) is 4.68 Å². The van der Waals surface area contributed by atoms with Crippen LogP contribution in [0.4, 0.5) is 0 Å². The molecule has 1 aliphatic rings. The molecule has 0 saturated heterocycles. The molecule has 2 nitrogen and oxygen atoms in total. The van der Waals surface area contributed by atoms with Gasteiger partial charge in [0.05, 0.1) is 5.69 Å². The van der Waals surface area contributed by atoms with Crippen LogP contribution in [-0.2, 0) is 13.5 Å². The molecule has 0 bridgehead atoms. The van der Waals surface area contributed by atoms with Gasteiger partial charge < -0.3 is 0 Å². The number of rotatable bonds is 3. The highest BCUT2D eigenvalue weighted by Crippen LogP contribution is 2.38. The standard InChI is InChI=1S/C15H25ClN2/c1-10(2)12-5-6-15(16)13(8-12)9-14-7-11(3)17-18(14)4/h7,10,12-13,15H,5-6,8-9H2,1-4H3. The Bertz CT molecular complexity index is 397. The van der Waals surface area contributed by atoms with E-state index in [2.05, 4.69) is 31.9 Å². The minimum atomic E-state index is 0.343. The second-order valence-electron chi connectivity index (χ2n) is 6.20. The Balaban J connectivity index is 2.04. The Morgan fingerprint density at radius 3 is 2.72 bits per heavy atom. The molecule has 1 aromatic heterocycles. The summed E-state index contributed by atoms with van der Waals surface area (Å²) in [4.78, 5) is 0. The van der Waals surface area contributed by atoms with E-state index in [1.807, 2.05) is 11.7 Å². The molecule has 1 heterocycles. The fraction of sp³-hybridized carbons (Fsp3) is 0.800. The maximum absolute atomic E-state index is 6.53. The SMILES string of the molecule is Cc1cc(CC2CC(C(C)C)CCC2Cl)n(C)n1. The third-order valence-electron chi connectivity index (χ3n) is 4.44. The summed E-state index contributed by atoms with van der Waals surface area (Å²) in [7, 11) is 2.04. The topological polar surface area (TPSA) is 17.8 Å². The molecule has 0 amide bonds. The highest BCUT2D eigenvalue weighted by atomic mass is 35.5. The first-order chi connectivity index (χ1) is 8.47. The first kappa shape index (κ1) is 13.9. The van der Waals surface area contributed by atoms with Crippen LogP contribution in [0, 0.1) is 24.7 Å². The molecule has 1 fully saturated rings. The van der Waals surface area contributed by atoms with Gasteiger partial charge in [0.2, 0.25) is 0 Å². The molecule has 3 unspecified atom stereocenters. The van der Waals surface area contributed by atoms with Crippen molar-refractivity contribution < 1.29 is 0 Å². The molecular formula is C15H25ClN2. The summed E-state index contributed by atoms with van der Waals surface area (Å²) in [6.45, 7) is 6.73. The molecule has 0 aliphatic heterocycles. The summed E-state index contributed by atoms with van der Waals surface area (Å²) in [6.07, 6.45) is 4.82. The molecule has 1 aromatic rings. The summed E-state index contributed by atoms with van der Waals surface area (Å²) in [5, 5.41) is 4.77. The van der Waals surface area contributed by atoms with Crippen LogP contribution in [0.25, 0.3) is 0 Å². The van der Waals surface area contributed by atoms with Crippen molar-refractivity contribution in [1.29, 1.82) is 0 Å². The van der Waals surface area contributed by atoms with E-state index in [1.165, 1.54) is 25.0 Å². The Labute approximate surface area is 116 Å². The monoisotopic (exact) mass is 268 g/mol. The lowest BCUT2D eigenvalue weighted by Gasteiger charge is -2.35. The van der Waals surface area contributed by atoms with Crippen LogP contribution in [-0.4, -0.2) is 15.2 Å². The van der Waals surface area contributed by atoms with E-state index in [1.54, 1.807) is 0 Å². The van der Waals surface area contributed by atoms with Crippen molar-refractivity contribution in [3.63, 3.8) is 0 Å². The summed E-state index contributed by atoms with van der Waals surface area (Å²) in [5.41, 5.74) is 2.43. The quantitative estimate of drug-likeness (QED) is 0.759. The largest absolute Gasteiger partial charge is 0.272 e. The van der Waals surface area contributed by atoms with Gasteiger partial charge in [-0.25, -0.2) is 0 Å². The zero-order chi connectivity index (χ0) is 13.3. The molecule has 3 atom stereocenters. The molecule has 1 saturated carbocycles. The van der Waals surface area contributed by atoms with Crippen molar-refractivity contribution in [2.75, 3.05) is 0 Å². The zero-order valence-corrected chi connectivity index (χ0v) is 12.7. The van der Waals surface area contributed by atoms with E-state index in [-0.39, 0.29) is 0 Å². The third-order valence-corrected chi connectivity index (χ3v) is 5.02. The Morgan fingerprint density at radius 1 is 1.44 bits per heavy atom. The number of hydrogen-bond acceptors (Lipinski definition) is 1. The van der Waals surface area contributed by atoms with E-state index in [0.717, 1.165) is 24.0 Å². The van der Waals surface area contributed by atoms with Gasteiger partial charge in [0.1, 0.15) is 0 Å². The van der Waals surface area contributed by atoms with E-state index in [0.29, 0.717) is 11.3 Å². The lowest BCUT2D eigenvalue weighted by atomic mass is 9.74. The number of nitrogens with zero attached hydrogens (tertiary/aromatic N) is 2. The zero-order valence-electron chi connectivity index (χ0n) is 12.0. The van der Waals surface area contributed by atoms with Crippen molar-refractivity contribution in [3.05, 3.63) is 17.5 Å². The van der Waals surface area contributed by atoms with Gasteiger partial charge in [-0.05, 0) is 56.4 Å². The predicted molar refractivity (Wildman–Crippen MR) is 77.0 cm³/mol. The summed E-state index contributed by atoms with van der Waals surface area (Å²) in [5.74, 6) is 2.24. The van der Waals surface area contributed by atoms with Gasteiger partial charge in [0, 0.05) is 18.1 Å². The average molecular weight is 269 g/mol. The van der Waals surface area contributed by atoms with E-state index in [9.17, 15) is 0 Å². The van der Waals surface area contributed by atoms with Crippen molar-refractivity contribution >= 4 is 11.6 Å². The van der Waals surface area contributed by atoms with Gasteiger partial charge in [0.25, 0.3) is 0 Å². The van der Waals surface area contributed by atoms with Crippen molar-refractivity contribution in [1.82, 2.24) is 9.78 Å². The highest BCUT2D eigenvalue weighted by Gasteiger charge is 2.31.